The molecule has 0 atom stereocenters. The van der Waals surface area contributed by atoms with Gasteiger partial charge in [-0.1, -0.05) is 68.8 Å². The smallest absolute Gasteiger partial charge is 0.341 e. The van der Waals surface area contributed by atoms with Crippen molar-refractivity contribution in [1.82, 2.24) is 14.8 Å². The van der Waals surface area contributed by atoms with Gasteiger partial charge in [-0.3, -0.25) is 9.36 Å². The maximum absolute atomic E-state index is 13.0. The summed E-state index contributed by atoms with van der Waals surface area (Å²) in [4.78, 5) is 26.8. The van der Waals surface area contributed by atoms with Gasteiger partial charge in [0.15, 0.2) is 11.0 Å². The molecule has 0 fully saturated rings. The number of amides is 1. The maximum Gasteiger partial charge on any atom is 0.341 e. The zero-order valence-corrected chi connectivity index (χ0v) is 23.3. The lowest BCUT2D eigenvalue weighted by molar-refractivity contribution is -0.113. The van der Waals surface area contributed by atoms with Gasteiger partial charge in [0, 0.05) is 17.0 Å². The highest BCUT2D eigenvalue weighted by Crippen LogP contribution is 2.37. The van der Waals surface area contributed by atoms with E-state index in [9.17, 15) is 9.59 Å². The van der Waals surface area contributed by atoms with Crippen LogP contribution in [0, 0.1) is 0 Å². The molecule has 37 heavy (non-hydrogen) atoms. The summed E-state index contributed by atoms with van der Waals surface area (Å²) >= 11 is 2.82. The maximum atomic E-state index is 13.0. The summed E-state index contributed by atoms with van der Waals surface area (Å²) in [5.41, 5.74) is 3.79. The molecule has 0 saturated heterocycles. The van der Waals surface area contributed by atoms with E-state index in [-0.39, 0.29) is 17.6 Å². The average molecular weight is 539 g/mol. The largest absolute Gasteiger partial charge is 0.465 e. The second-order valence-electron chi connectivity index (χ2n) is 9.43. The number of benzene rings is 1. The zero-order chi connectivity index (χ0) is 26.4. The Labute approximate surface area is 226 Å². The predicted molar refractivity (Wildman–Crippen MR) is 151 cm³/mol. The highest BCUT2D eigenvalue weighted by atomic mass is 32.2. The lowest BCUT2D eigenvalue weighted by Gasteiger charge is -2.11. The van der Waals surface area contributed by atoms with E-state index in [1.165, 1.54) is 47.1 Å². The van der Waals surface area contributed by atoms with Gasteiger partial charge in [0.1, 0.15) is 5.00 Å². The molecule has 1 aromatic carbocycles. The molecular formula is C28H34N4O3S2. The van der Waals surface area contributed by atoms with Crippen molar-refractivity contribution in [3.05, 3.63) is 58.5 Å². The molecule has 9 heteroatoms. The summed E-state index contributed by atoms with van der Waals surface area (Å²) in [6, 6.07) is 8.32. The number of carbonyl (C=O) groups excluding carboxylic acids is 2. The first-order valence-electron chi connectivity index (χ1n) is 12.7. The molecule has 2 heterocycles. The molecule has 0 saturated carbocycles. The summed E-state index contributed by atoms with van der Waals surface area (Å²) < 4.78 is 7.04. The molecule has 3 aromatic rings. The quantitative estimate of drug-likeness (QED) is 0.190. The van der Waals surface area contributed by atoms with Crippen molar-refractivity contribution in [2.45, 2.75) is 70.0 Å². The first-order valence-corrected chi connectivity index (χ1v) is 14.5. The number of nitrogens with one attached hydrogen (secondary N) is 1. The van der Waals surface area contributed by atoms with E-state index in [1.807, 2.05) is 4.57 Å². The minimum Gasteiger partial charge on any atom is -0.465 e. The van der Waals surface area contributed by atoms with Crippen molar-refractivity contribution in [1.29, 1.82) is 0 Å². The van der Waals surface area contributed by atoms with Crippen molar-refractivity contribution >= 4 is 40.0 Å². The molecule has 1 amide bonds. The number of fused-ring (bicyclic) bond motifs is 1. The third-order valence-corrected chi connectivity index (χ3v) is 8.68. The van der Waals surface area contributed by atoms with Crippen LogP contribution in [-0.4, -0.2) is 39.5 Å². The molecule has 1 aliphatic rings. The van der Waals surface area contributed by atoms with E-state index in [2.05, 4.69) is 60.2 Å². The Balaban J connectivity index is 1.50. The van der Waals surface area contributed by atoms with E-state index in [0.717, 1.165) is 49.1 Å². The second kappa shape index (κ2) is 12.6. The first-order chi connectivity index (χ1) is 17.9. The number of ether oxygens (including phenoxy) is 1. The molecule has 0 unspecified atom stereocenters. The fourth-order valence-corrected chi connectivity index (χ4v) is 6.58. The Bertz CT molecular complexity index is 1260. The number of aryl methyl sites for hydroxylation is 1. The molecular weight excluding hydrogens is 504 g/mol. The van der Waals surface area contributed by atoms with Crippen LogP contribution in [-0.2, 0) is 28.9 Å². The predicted octanol–water partition coefficient (Wildman–Crippen LogP) is 6.49. The van der Waals surface area contributed by atoms with E-state index in [0.29, 0.717) is 28.2 Å². The van der Waals surface area contributed by atoms with Crippen LogP contribution in [0.25, 0.3) is 11.4 Å². The summed E-state index contributed by atoms with van der Waals surface area (Å²) in [7, 11) is 1.39. The van der Waals surface area contributed by atoms with Gasteiger partial charge >= 0.3 is 5.97 Å². The van der Waals surface area contributed by atoms with Crippen molar-refractivity contribution in [3.63, 3.8) is 0 Å². The SMILES string of the molecule is C=CCn1c(SCC(=O)Nc2sc3c(c2C(=O)OC)CCCCCC3)nnc1-c1ccc(C(C)C)cc1. The van der Waals surface area contributed by atoms with Gasteiger partial charge in [-0.2, -0.15) is 0 Å². The standard InChI is InChI=1S/C28H34N4O3S2/c1-5-16-32-25(20-14-12-19(13-15-20)18(2)3)30-31-28(32)36-17-23(33)29-26-24(27(34)35-4)21-10-8-6-7-9-11-22(21)37-26/h5,12-15,18H,1,6-11,16-17H2,2-4H3,(H,29,33). The number of aromatic nitrogens is 3. The number of allylic oxidation sites excluding steroid dienone is 1. The van der Waals surface area contributed by atoms with E-state index in [4.69, 9.17) is 4.74 Å². The van der Waals surface area contributed by atoms with Crippen LogP contribution in [0.5, 0.6) is 0 Å². The molecule has 0 spiro atoms. The van der Waals surface area contributed by atoms with E-state index in [1.54, 1.807) is 6.08 Å². The van der Waals surface area contributed by atoms with Crippen LogP contribution in [0.1, 0.15) is 71.8 Å². The fraction of sp³-hybridized carbons (Fsp3) is 0.429. The molecule has 2 aromatic heterocycles. The van der Waals surface area contributed by atoms with Crippen LogP contribution in [0.15, 0.2) is 42.1 Å². The van der Waals surface area contributed by atoms with Gasteiger partial charge in [-0.05, 0) is 42.7 Å². The van der Waals surface area contributed by atoms with Crippen LogP contribution < -0.4 is 5.32 Å². The van der Waals surface area contributed by atoms with Crippen LogP contribution in [0.4, 0.5) is 5.00 Å². The second-order valence-corrected chi connectivity index (χ2v) is 11.5. The lowest BCUT2D eigenvalue weighted by atomic mass is 9.96. The van der Waals surface area contributed by atoms with Crippen molar-refractivity contribution < 1.29 is 14.3 Å². The van der Waals surface area contributed by atoms with Crippen LogP contribution in [0.3, 0.4) is 0 Å². The average Bonchev–Trinajstić information content (AvgIpc) is 3.43. The number of hydrogen-bond acceptors (Lipinski definition) is 7. The summed E-state index contributed by atoms with van der Waals surface area (Å²) in [6.07, 6.45) is 8.05. The fourth-order valence-electron chi connectivity index (χ4n) is 4.54. The molecule has 7 nitrogen and oxygen atoms in total. The minimum absolute atomic E-state index is 0.144. The Morgan fingerprint density at radius 3 is 2.57 bits per heavy atom. The summed E-state index contributed by atoms with van der Waals surface area (Å²) in [5.74, 6) is 0.752. The van der Waals surface area contributed by atoms with Crippen molar-refractivity contribution in [3.8, 4) is 11.4 Å². The Hall–Kier alpha value is -2.91. The number of thiophene rings is 1. The Kier molecular flexibility index (Phi) is 9.21. The molecule has 196 valence electrons. The van der Waals surface area contributed by atoms with E-state index >= 15 is 0 Å². The topological polar surface area (TPSA) is 86.1 Å². The molecule has 0 bridgehead atoms. The first kappa shape index (κ1) is 27.1. The number of hydrogen-bond donors (Lipinski definition) is 1. The monoisotopic (exact) mass is 538 g/mol. The highest BCUT2D eigenvalue weighted by molar-refractivity contribution is 7.99. The molecule has 0 radical (unpaired) electrons. The number of anilines is 1. The summed E-state index contributed by atoms with van der Waals surface area (Å²) in [6.45, 7) is 8.73. The molecule has 0 aliphatic heterocycles. The number of esters is 1. The van der Waals surface area contributed by atoms with Gasteiger partial charge in [-0.25, -0.2) is 4.79 Å². The zero-order valence-electron chi connectivity index (χ0n) is 21.7. The lowest BCUT2D eigenvalue weighted by Crippen LogP contribution is -2.17. The van der Waals surface area contributed by atoms with Gasteiger partial charge in [0.25, 0.3) is 0 Å². The van der Waals surface area contributed by atoms with Gasteiger partial charge in [0.05, 0.1) is 18.4 Å². The number of nitrogens with zero attached hydrogens (tertiary/aromatic N) is 3. The van der Waals surface area contributed by atoms with Gasteiger partial charge < -0.3 is 10.1 Å². The molecule has 1 N–H and O–H groups in total. The van der Waals surface area contributed by atoms with Gasteiger partial charge in [0.2, 0.25) is 5.91 Å². The van der Waals surface area contributed by atoms with Crippen LogP contribution in [0.2, 0.25) is 0 Å². The third kappa shape index (κ3) is 6.33. The minimum atomic E-state index is -0.389. The summed E-state index contributed by atoms with van der Waals surface area (Å²) in [5, 5.41) is 13.0. The number of thioether (sulfide) groups is 1. The number of carbonyl (C=O) groups is 2. The highest BCUT2D eigenvalue weighted by Gasteiger charge is 2.26. The number of methoxy groups -OCH3 is 1. The Morgan fingerprint density at radius 1 is 1.16 bits per heavy atom. The third-order valence-electron chi connectivity index (χ3n) is 6.51. The van der Waals surface area contributed by atoms with Crippen LogP contribution >= 0.6 is 23.1 Å². The molecule has 4 rings (SSSR count). The molecule has 1 aliphatic carbocycles. The van der Waals surface area contributed by atoms with E-state index < -0.39 is 0 Å². The van der Waals surface area contributed by atoms with Gasteiger partial charge in [-0.15, -0.1) is 28.1 Å². The number of rotatable bonds is 9. The van der Waals surface area contributed by atoms with Crippen molar-refractivity contribution in [2.75, 3.05) is 18.2 Å². The normalized spacial score (nSPS) is 13.5. The Morgan fingerprint density at radius 2 is 1.89 bits per heavy atom. The van der Waals surface area contributed by atoms with Crippen molar-refractivity contribution in [2.24, 2.45) is 0 Å².